The Labute approximate surface area is 127 Å². The van der Waals surface area contributed by atoms with Crippen molar-refractivity contribution >= 4 is 11.9 Å². The van der Waals surface area contributed by atoms with Crippen LogP contribution in [0.1, 0.15) is 11.6 Å². The average Bonchev–Trinajstić information content (AvgIpc) is 2.54. The predicted molar refractivity (Wildman–Crippen MR) is 78.7 cm³/mol. The Kier molecular flexibility index (Phi) is 5.68. The fraction of sp³-hybridized carbons (Fsp3) is 0.429. The first-order chi connectivity index (χ1) is 10.6. The van der Waals surface area contributed by atoms with Crippen LogP contribution < -0.4 is 11.2 Å². The molecular formula is C14H19FN4O3. The Morgan fingerprint density at radius 1 is 1.55 bits per heavy atom. The number of halogens is 1. The van der Waals surface area contributed by atoms with E-state index in [-0.39, 0.29) is 17.7 Å². The third-order valence-corrected chi connectivity index (χ3v) is 3.34. The highest BCUT2D eigenvalue weighted by Crippen LogP contribution is 2.23. The molecular weight excluding hydrogens is 291 g/mol. The standard InChI is InChI=1S/C14H19FN4O3/c1-21-14(20)18-17-13(16)8-19-6-7-22-9-12(19)10-2-4-11(15)5-3-10/h2-5,12H,6-9H2,1H3,(H2,16,17)(H,18,20)/t12-/m1/s1. The van der Waals surface area contributed by atoms with Crippen molar-refractivity contribution in [1.29, 1.82) is 0 Å². The number of methoxy groups -OCH3 is 1. The zero-order valence-corrected chi connectivity index (χ0v) is 12.3. The van der Waals surface area contributed by atoms with Crippen molar-refractivity contribution in [3.63, 3.8) is 0 Å². The van der Waals surface area contributed by atoms with Crippen LogP contribution in [0.5, 0.6) is 0 Å². The second-order valence-corrected chi connectivity index (χ2v) is 4.82. The van der Waals surface area contributed by atoms with E-state index in [1.807, 2.05) is 0 Å². The van der Waals surface area contributed by atoms with E-state index in [1.165, 1.54) is 19.2 Å². The molecule has 120 valence electrons. The molecule has 1 atom stereocenters. The number of ether oxygens (including phenoxy) is 2. The molecule has 1 heterocycles. The summed E-state index contributed by atoms with van der Waals surface area (Å²) in [6.07, 6.45) is -0.681. The van der Waals surface area contributed by atoms with Crippen LogP contribution in [-0.2, 0) is 9.47 Å². The van der Waals surface area contributed by atoms with Crippen molar-refractivity contribution < 1.29 is 18.7 Å². The van der Waals surface area contributed by atoms with Crippen molar-refractivity contribution in [2.24, 2.45) is 10.8 Å². The summed E-state index contributed by atoms with van der Waals surface area (Å²) in [5, 5.41) is 3.76. The average molecular weight is 310 g/mol. The third-order valence-electron chi connectivity index (χ3n) is 3.34. The Balaban J connectivity index is 2.03. The van der Waals surface area contributed by atoms with E-state index < -0.39 is 6.09 Å². The van der Waals surface area contributed by atoms with Crippen LogP contribution in [-0.4, -0.2) is 50.2 Å². The quantitative estimate of drug-likeness (QED) is 0.488. The minimum atomic E-state index is -0.681. The number of morpholine rings is 1. The number of amides is 1. The van der Waals surface area contributed by atoms with Gasteiger partial charge in [0.05, 0.1) is 32.9 Å². The second-order valence-electron chi connectivity index (χ2n) is 4.82. The van der Waals surface area contributed by atoms with Crippen molar-refractivity contribution in [3.05, 3.63) is 35.6 Å². The fourth-order valence-corrected chi connectivity index (χ4v) is 2.23. The SMILES string of the molecule is COC(=O)N/N=C(\N)CN1CCOC[C@@H]1c1ccc(F)cc1. The number of hydrazone groups is 1. The maximum absolute atomic E-state index is 13.0. The lowest BCUT2D eigenvalue weighted by Crippen LogP contribution is -2.44. The molecule has 0 aromatic heterocycles. The van der Waals surface area contributed by atoms with E-state index in [1.54, 1.807) is 12.1 Å². The van der Waals surface area contributed by atoms with E-state index in [4.69, 9.17) is 10.5 Å². The first-order valence-electron chi connectivity index (χ1n) is 6.83. The lowest BCUT2D eigenvalue weighted by atomic mass is 10.0. The number of hydrogen-bond acceptors (Lipinski definition) is 5. The minimum Gasteiger partial charge on any atom is -0.452 e. The molecule has 1 aromatic carbocycles. The summed E-state index contributed by atoms with van der Waals surface area (Å²) in [5.74, 6) is -0.0326. The number of nitrogens with two attached hydrogens (primary N) is 1. The van der Waals surface area contributed by atoms with E-state index in [2.05, 4.69) is 20.2 Å². The monoisotopic (exact) mass is 310 g/mol. The summed E-state index contributed by atoms with van der Waals surface area (Å²) in [5.41, 5.74) is 8.93. The molecule has 22 heavy (non-hydrogen) atoms. The first kappa shape index (κ1) is 16.2. The predicted octanol–water partition coefficient (Wildman–Crippen LogP) is 0.827. The molecule has 1 fully saturated rings. The summed E-state index contributed by atoms with van der Waals surface area (Å²) in [6, 6.07) is 6.24. The lowest BCUT2D eigenvalue weighted by Gasteiger charge is -2.35. The molecule has 0 bridgehead atoms. The van der Waals surface area contributed by atoms with Gasteiger partial charge in [0.2, 0.25) is 0 Å². The molecule has 1 aliphatic heterocycles. The number of nitrogens with one attached hydrogen (secondary N) is 1. The molecule has 0 unspecified atom stereocenters. The molecule has 0 radical (unpaired) electrons. The molecule has 2 rings (SSSR count). The first-order valence-corrected chi connectivity index (χ1v) is 6.83. The summed E-state index contributed by atoms with van der Waals surface area (Å²) in [6.45, 7) is 2.09. The third kappa shape index (κ3) is 4.40. The molecule has 3 N–H and O–H groups in total. The minimum absolute atomic E-state index is 0.0405. The number of hydrogen-bond donors (Lipinski definition) is 2. The second kappa shape index (κ2) is 7.71. The lowest BCUT2D eigenvalue weighted by molar-refractivity contribution is -0.000738. The van der Waals surface area contributed by atoms with Gasteiger partial charge in [0.25, 0.3) is 0 Å². The summed E-state index contributed by atoms with van der Waals surface area (Å²) >= 11 is 0. The van der Waals surface area contributed by atoms with E-state index in [0.717, 1.165) is 5.56 Å². The van der Waals surface area contributed by atoms with Gasteiger partial charge in [0.1, 0.15) is 11.7 Å². The van der Waals surface area contributed by atoms with Crippen LogP contribution in [0.2, 0.25) is 0 Å². The van der Waals surface area contributed by atoms with E-state index in [9.17, 15) is 9.18 Å². The fourth-order valence-electron chi connectivity index (χ4n) is 2.23. The van der Waals surface area contributed by atoms with Crippen molar-refractivity contribution in [2.45, 2.75) is 6.04 Å². The molecule has 0 saturated carbocycles. The molecule has 0 aliphatic carbocycles. The van der Waals surface area contributed by atoms with Crippen LogP contribution in [0.3, 0.4) is 0 Å². The van der Waals surface area contributed by atoms with Crippen LogP contribution in [0.4, 0.5) is 9.18 Å². The largest absolute Gasteiger partial charge is 0.452 e. The maximum Gasteiger partial charge on any atom is 0.427 e. The van der Waals surface area contributed by atoms with Gasteiger partial charge in [-0.2, -0.15) is 5.10 Å². The van der Waals surface area contributed by atoms with Crippen LogP contribution in [0.15, 0.2) is 29.4 Å². The highest BCUT2D eigenvalue weighted by atomic mass is 19.1. The molecule has 1 aromatic rings. The molecule has 1 amide bonds. The highest BCUT2D eigenvalue weighted by molar-refractivity contribution is 5.83. The van der Waals surface area contributed by atoms with Crippen LogP contribution >= 0.6 is 0 Å². The zero-order valence-electron chi connectivity index (χ0n) is 12.3. The molecule has 0 spiro atoms. The van der Waals surface area contributed by atoms with Gasteiger partial charge in [-0.05, 0) is 17.7 Å². The summed E-state index contributed by atoms with van der Waals surface area (Å²) in [7, 11) is 1.24. The number of amidine groups is 1. The van der Waals surface area contributed by atoms with Gasteiger partial charge in [-0.1, -0.05) is 12.1 Å². The molecule has 1 aliphatic rings. The van der Waals surface area contributed by atoms with Crippen molar-refractivity contribution in [3.8, 4) is 0 Å². The zero-order chi connectivity index (χ0) is 15.9. The number of benzene rings is 1. The Bertz CT molecular complexity index is 535. The summed E-state index contributed by atoms with van der Waals surface area (Å²) in [4.78, 5) is 13.0. The van der Waals surface area contributed by atoms with Gasteiger partial charge in [0.15, 0.2) is 0 Å². The Hall–Kier alpha value is -2.19. The van der Waals surface area contributed by atoms with Crippen molar-refractivity contribution in [1.82, 2.24) is 10.3 Å². The smallest absolute Gasteiger partial charge is 0.427 e. The van der Waals surface area contributed by atoms with Gasteiger partial charge >= 0.3 is 6.09 Å². The number of carbonyl (C=O) groups excluding carboxylic acids is 1. The maximum atomic E-state index is 13.0. The van der Waals surface area contributed by atoms with Gasteiger partial charge in [0, 0.05) is 6.54 Å². The Morgan fingerprint density at radius 2 is 2.27 bits per heavy atom. The van der Waals surface area contributed by atoms with Crippen LogP contribution in [0, 0.1) is 5.82 Å². The van der Waals surface area contributed by atoms with Crippen LogP contribution in [0.25, 0.3) is 0 Å². The molecule has 1 saturated heterocycles. The number of nitrogens with zero attached hydrogens (tertiary/aromatic N) is 2. The topological polar surface area (TPSA) is 89.2 Å². The Morgan fingerprint density at radius 3 is 2.95 bits per heavy atom. The van der Waals surface area contributed by atoms with Gasteiger partial charge in [-0.25, -0.2) is 14.6 Å². The number of rotatable bonds is 4. The summed E-state index contributed by atoms with van der Waals surface area (Å²) < 4.78 is 22.9. The van der Waals surface area contributed by atoms with E-state index in [0.29, 0.717) is 26.3 Å². The normalized spacial score (nSPS) is 19.7. The van der Waals surface area contributed by atoms with Gasteiger partial charge in [-0.3, -0.25) is 4.90 Å². The van der Waals surface area contributed by atoms with Gasteiger partial charge in [-0.15, -0.1) is 0 Å². The highest BCUT2D eigenvalue weighted by Gasteiger charge is 2.25. The van der Waals surface area contributed by atoms with Crippen molar-refractivity contribution in [2.75, 3.05) is 33.4 Å². The molecule has 7 nitrogen and oxygen atoms in total. The van der Waals surface area contributed by atoms with Gasteiger partial charge < -0.3 is 15.2 Å². The number of carbonyl (C=O) groups is 1. The molecule has 8 heteroatoms. The van der Waals surface area contributed by atoms with E-state index >= 15 is 0 Å².